The van der Waals surface area contributed by atoms with Crippen LogP contribution in [-0.2, 0) is 16.0 Å². The fraction of sp³-hybridized carbons (Fsp3) is 0.526. The molecule has 4 amide bonds. The normalized spacial score (nSPS) is 27.5. The molecule has 4 atom stereocenters. The second kappa shape index (κ2) is 8.93. The molecule has 1 aromatic carbocycles. The average molecular weight is 406 g/mol. The van der Waals surface area contributed by atoms with Crippen molar-refractivity contribution in [2.45, 2.75) is 31.0 Å². The third kappa shape index (κ3) is 4.48. The summed E-state index contributed by atoms with van der Waals surface area (Å²) in [5, 5.41) is 9.25. The minimum atomic E-state index is -0.453. The van der Waals surface area contributed by atoms with Crippen LogP contribution in [0.25, 0.3) is 0 Å². The Morgan fingerprint density at radius 3 is 2.61 bits per heavy atom. The van der Waals surface area contributed by atoms with E-state index in [0.29, 0.717) is 6.54 Å². The highest BCUT2D eigenvalue weighted by atomic mass is 32.2. The average Bonchev–Trinajstić information content (AvgIpc) is 2.69. The molecule has 2 aliphatic rings. The summed E-state index contributed by atoms with van der Waals surface area (Å²) in [5.41, 5.74) is 1.18. The third-order valence-corrected chi connectivity index (χ3v) is 6.31. The van der Waals surface area contributed by atoms with E-state index in [1.165, 1.54) is 24.4 Å². The van der Waals surface area contributed by atoms with Gasteiger partial charge in [0.05, 0.1) is 29.4 Å². The van der Waals surface area contributed by atoms with E-state index < -0.39 is 5.92 Å². The summed E-state index contributed by atoms with van der Waals surface area (Å²) in [4.78, 5) is 39.8. The molecule has 28 heavy (non-hydrogen) atoms. The molecule has 0 radical (unpaired) electrons. The van der Waals surface area contributed by atoms with E-state index in [1.807, 2.05) is 37.3 Å². The number of nitrogens with one attached hydrogen (secondary N) is 3. The molecule has 0 bridgehead atoms. The number of rotatable bonds is 6. The lowest BCUT2D eigenvalue weighted by Gasteiger charge is -2.49. The van der Waals surface area contributed by atoms with Gasteiger partial charge >= 0.3 is 6.03 Å². The van der Waals surface area contributed by atoms with Crippen molar-refractivity contribution >= 4 is 29.6 Å². The van der Waals surface area contributed by atoms with Crippen LogP contribution in [0.4, 0.5) is 4.79 Å². The van der Waals surface area contributed by atoms with Gasteiger partial charge < -0.3 is 10.2 Å². The quantitative estimate of drug-likeness (QED) is 0.635. The Kier molecular flexibility index (Phi) is 6.58. The molecule has 0 aromatic heterocycles. The van der Waals surface area contributed by atoms with Crippen molar-refractivity contribution in [3.05, 3.63) is 35.9 Å². The highest BCUT2D eigenvalue weighted by Crippen LogP contribution is 2.31. The second-order valence-corrected chi connectivity index (χ2v) is 8.26. The lowest BCUT2D eigenvalue weighted by atomic mass is 9.97. The number of nitrogens with zero attached hydrogens (tertiary/aromatic N) is 2. The first-order chi connectivity index (χ1) is 13.4. The van der Waals surface area contributed by atoms with Gasteiger partial charge in [-0.25, -0.2) is 4.79 Å². The zero-order valence-electron chi connectivity index (χ0n) is 16.3. The van der Waals surface area contributed by atoms with E-state index in [-0.39, 0.29) is 41.3 Å². The van der Waals surface area contributed by atoms with E-state index >= 15 is 0 Å². The van der Waals surface area contributed by atoms with Crippen molar-refractivity contribution in [1.29, 1.82) is 0 Å². The summed E-state index contributed by atoms with van der Waals surface area (Å²) in [6.07, 6.45) is 0.318. The van der Waals surface area contributed by atoms with Crippen molar-refractivity contribution < 1.29 is 14.4 Å². The summed E-state index contributed by atoms with van der Waals surface area (Å²) in [6.45, 7) is 2.51. The van der Waals surface area contributed by atoms with Gasteiger partial charge in [-0.2, -0.15) is 0 Å². The molecule has 152 valence electrons. The van der Waals surface area contributed by atoms with Crippen molar-refractivity contribution in [3.63, 3.8) is 0 Å². The van der Waals surface area contributed by atoms with Crippen molar-refractivity contribution in [1.82, 2.24) is 25.8 Å². The Morgan fingerprint density at radius 2 is 1.89 bits per heavy atom. The summed E-state index contributed by atoms with van der Waals surface area (Å²) < 4.78 is 0. The molecule has 8 nitrogen and oxygen atoms in total. The Labute approximate surface area is 169 Å². The number of urea groups is 1. The van der Waals surface area contributed by atoms with Crippen molar-refractivity contribution in [3.8, 4) is 0 Å². The number of imide groups is 1. The molecule has 9 heteroatoms. The lowest BCUT2D eigenvalue weighted by molar-refractivity contribution is -0.140. The van der Waals surface area contributed by atoms with Crippen LogP contribution in [0.3, 0.4) is 0 Å². The molecule has 3 rings (SSSR count). The minimum Gasteiger partial charge on any atom is -0.355 e. The van der Waals surface area contributed by atoms with Gasteiger partial charge in [0, 0.05) is 20.6 Å². The Hall–Kier alpha value is -2.10. The predicted octanol–water partition coefficient (Wildman–Crippen LogP) is 0.410. The standard InChI is InChI=1S/C19H27N5O3S/c1-12-21-16-15(18(26)24(3)19(27)23(16)2)17(22-12)28-11-14(25)20-10-9-13-7-5-4-6-8-13/h4-8,12,15-17,21-22H,9-11H2,1-3H3,(H,20,25). The lowest BCUT2D eigenvalue weighted by Crippen LogP contribution is -2.73. The number of carbonyl (C=O) groups excluding carboxylic acids is 3. The number of amides is 4. The van der Waals surface area contributed by atoms with E-state index in [0.717, 1.165) is 11.3 Å². The van der Waals surface area contributed by atoms with E-state index in [2.05, 4.69) is 16.0 Å². The molecule has 0 spiro atoms. The zero-order chi connectivity index (χ0) is 20.3. The maximum absolute atomic E-state index is 12.7. The van der Waals surface area contributed by atoms with E-state index in [4.69, 9.17) is 0 Å². The zero-order valence-corrected chi connectivity index (χ0v) is 17.2. The van der Waals surface area contributed by atoms with Gasteiger partial charge in [-0.05, 0) is 18.9 Å². The van der Waals surface area contributed by atoms with Gasteiger partial charge in [-0.1, -0.05) is 30.3 Å². The van der Waals surface area contributed by atoms with Gasteiger partial charge in [-0.15, -0.1) is 11.8 Å². The maximum Gasteiger partial charge on any atom is 0.327 e. The van der Waals surface area contributed by atoms with E-state index in [9.17, 15) is 14.4 Å². The van der Waals surface area contributed by atoms with Gasteiger partial charge in [0.25, 0.3) is 0 Å². The third-order valence-electron chi connectivity index (χ3n) is 5.10. The molecule has 1 aromatic rings. The molecule has 2 fully saturated rings. The molecule has 2 heterocycles. The van der Waals surface area contributed by atoms with Crippen LogP contribution in [0, 0.1) is 5.92 Å². The monoisotopic (exact) mass is 405 g/mol. The predicted molar refractivity (Wildman–Crippen MR) is 108 cm³/mol. The van der Waals surface area contributed by atoms with Crippen LogP contribution in [0.5, 0.6) is 0 Å². The second-order valence-electron chi connectivity index (χ2n) is 7.13. The summed E-state index contributed by atoms with van der Waals surface area (Å²) in [7, 11) is 3.18. The van der Waals surface area contributed by atoms with Crippen LogP contribution in [0.1, 0.15) is 12.5 Å². The molecular weight excluding hydrogens is 378 g/mol. The van der Waals surface area contributed by atoms with Crippen molar-refractivity contribution in [2.75, 3.05) is 26.4 Å². The smallest absolute Gasteiger partial charge is 0.327 e. The topological polar surface area (TPSA) is 93.8 Å². The van der Waals surface area contributed by atoms with Gasteiger partial charge in [0.1, 0.15) is 0 Å². The number of benzene rings is 1. The number of hydrogen-bond donors (Lipinski definition) is 3. The van der Waals surface area contributed by atoms with Crippen LogP contribution in [-0.4, -0.2) is 71.7 Å². The fourth-order valence-corrected chi connectivity index (χ4v) is 4.78. The number of thioether (sulfide) groups is 1. The van der Waals surface area contributed by atoms with Crippen LogP contribution in [0.2, 0.25) is 0 Å². The molecule has 0 saturated carbocycles. The minimum absolute atomic E-state index is 0.0634. The Balaban J connectivity index is 1.54. The first-order valence-corrected chi connectivity index (χ1v) is 10.4. The highest BCUT2D eigenvalue weighted by Gasteiger charge is 2.50. The number of carbonyl (C=O) groups is 3. The van der Waals surface area contributed by atoms with Gasteiger partial charge in [-0.3, -0.25) is 25.1 Å². The molecule has 4 unspecified atom stereocenters. The van der Waals surface area contributed by atoms with Crippen LogP contribution >= 0.6 is 11.8 Å². The molecule has 2 aliphatic heterocycles. The van der Waals surface area contributed by atoms with Crippen LogP contribution < -0.4 is 16.0 Å². The largest absolute Gasteiger partial charge is 0.355 e. The van der Waals surface area contributed by atoms with Crippen molar-refractivity contribution in [2.24, 2.45) is 5.92 Å². The number of hydrogen-bond acceptors (Lipinski definition) is 6. The van der Waals surface area contributed by atoms with E-state index in [1.54, 1.807) is 11.9 Å². The Bertz CT molecular complexity index is 732. The summed E-state index contributed by atoms with van der Waals surface area (Å²) in [5.74, 6) is -0.503. The molecule has 3 N–H and O–H groups in total. The van der Waals surface area contributed by atoms with Gasteiger partial charge in [0.15, 0.2) is 0 Å². The van der Waals surface area contributed by atoms with Gasteiger partial charge in [0.2, 0.25) is 11.8 Å². The molecule has 2 saturated heterocycles. The highest BCUT2D eigenvalue weighted by molar-refractivity contribution is 8.00. The molecule has 0 aliphatic carbocycles. The Morgan fingerprint density at radius 1 is 1.18 bits per heavy atom. The number of fused-ring (bicyclic) bond motifs is 1. The first-order valence-electron chi connectivity index (χ1n) is 9.37. The maximum atomic E-state index is 12.7. The summed E-state index contributed by atoms with van der Waals surface area (Å²) >= 11 is 1.40. The first kappa shape index (κ1) is 20.6. The summed E-state index contributed by atoms with van der Waals surface area (Å²) in [6, 6.07) is 9.67. The SMILES string of the molecule is CC1NC(SCC(=O)NCCc2ccccc2)C2C(=O)N(C)C(=O)N(C)C2N1. The fourth-order valence-electron chi connectivity index (χ4n) is 3.57. The van der Waals surface area contributed by atoms with Crippen LogP contribution in [0.15, 0.2) is 30.3 Å². The molecular formula is C19H27N5O3S.